The number of hydrogen-bond donors (Lipinski definition) is 1. The molecule has 2 aliphatic heterocycles. The molecule has 1 aromatic rings. The van der Waals surface area contributed by atoms with Crippen LogP contribution in [0.25, 0.3) is 0 Å². The number of nitrogens with one attached hydrogen (secondary N) is 1. The number of nitrogens with zero attached hydrogens (tertiary/aromatic N) is 3. The van der Waals surface area contributed by atoms with E-state index in [-0.39, 0.29) is 18.1 Å². The zero-order valence-electron chi connectivity index (χ0n) is 17.8. The van der Waals surface area contributed by atoms with Gasteiger partial charge >= 0.3 is 0 Å². The first kappa shape index (κ1) is 20.8. The number of likely N-dealkylation sites (tertiary alicyclic amines) is 1. The third-order valence-electron chi connectivity index (χ3n) is 6.96. The van der Waals surface area contributed by atoms with Crippen LogP contribution in [0.4, 0.5) is 0 Å². The summed E-state index contributed by atoms with van der Waals surface area (Å²) in [5.74, 6) is 1.30. The Hall–Kier alpha value is -1.47. The Morgan fingerprint density at radius 1 is 1.07 bits per heavy atom. The molecular formula is C22H36N4O3. The molecule has 7 heteroatoms. The highest BCUT2D eigenvalue weighted by Crippen LogP contribution is 2.36. The minimum absolute atomic E-state index is 0.0918. The maximum atomic E-state index is 13.3. The molecule has 1 N–H and O–H groups in total. The highest BCUT2D eigenvalue weighted by atomic mass is 16.5. The Balaban J connectivity index is 1.52. The maximum absolute atomic E-state index is 13.3. The zero-order valence-corrected chi connectivity index (χ0v) is 17.8. The Kier molecular flexibility index (Phi) is 6.85. The van der Waals surface area contributed by atoms with Crippen molar-refractivity contribution in [1.29, 1.82) is 0 Å². The van der Waals surface area contributed by atoms with E-state index in [9.17, 15) is 4.79 Å². The lowest BCUT2D eigenvalue weighted by Gasteiger charge is -2.34. The molecule has 29 heavy (non-hydrogen) atoms. The van der Waals surface area contributed by atoms with Gasteiger partial charge in [0, 0.05) is 6.61 Å². The van der Waals surface area contributed by atoms with E-state index in [1.807, 2.05) is 6.92 Å². The van der Waals surface area contributed by atoms with Crippen molar-refractivity contribution in [2.75, 3.05) is 19.7 Å². The average molecular weight is 405 g/mol. The molecule has 0 aromatic carbocycles. The molecule has 1 saturated carbocycles. The summed E-state index contributed by atoms with van der Waals surface area (Å²) in [7, 11) is 0. The molecule has 2 saturated heterocycles. The monoisotopic (exact) mass is 404 g/mol. The van der Waals surface area contributed by atoms with E-state index in [0.717, 1.165) is 58.2 Å². The molecule has 1 aliphatic carbocycles. The van der Waals surface area contributed by atoms with Crippen LogP contribution in [0.2, 0.25) is 0 Å². The van der Waals surface area contributed by atoms with E-state index < -0.39 is 5.54 Å². The van der Waals surface area contributed by atoms with E-state index in [2.05, 4.69) is 15.4 Å². The van der Waals surface area contributed by atoms with Gasteiger partial charge in [0.25, 0.3) is 5.89 Å². The van der Waals surface area contributed by atoms with Gasteiger partial charge in [0.05, 0.1) is 6.04 Å². The molecule has 3 heterocycles. The van der Waals surface area contributed by atoms with Crippen LogP contribution in [0.5, 0.6) is 0 Å². The minimum atomic E-state index is -0.520. The first-order chi connectivity index (χ1) is 14.2. The van der Waals surface area contributed by atoms with Crippen molar-refractivity contribution in [2.24, 2.45) is 0 Å². The fraction of sp³-hybridized carbons (Fsp3) is 0.864. The highest BCUT2D eigenvalue weighted by Gasteiger charge is 2.41. The predicted octanol–water partition coefficient (Wildman–Crippen LogP) is 3.85. The number of aromatic nitrogens is 2. The van der Waals surface area contributed by atoms with Crippen molar-refractivity contribution < 1.29 is 14.1 Å². The van der Waals surface area contributed by atoms with Crippen LogP contribution in [0, 0.1) is 0 Å². The zero-order chi connectivity index (χ0) is 20.1. The smallest absolute Gasteiger partial charge is 0.255 e. The summed E-state index contributed by atoms with van der Waals surface area (Å²) >= 11 is 0. The normalized spacial score (nSPS) is 27.1. The Bertz CT molecular complexity index is 655. The Morgan fingerprint density at radius 3 is 2.41 bits per heavy atom. The van der Waals surface area contributed by atoms with Gasteiger partial charge in [0.1, 0.15) is 11.6 Å². The van der Waals surface area contributed by atoms with Crippen LogP contribution >= 0.6 is 0 Å². The van der Waals surface area contributed by atoms with Gasteiger partial charge < -0.3 is 14.6 Å². The highest BCUT2D eigenvalue weighted by molar-refractivity contribution is 5.82. The predicted molar refractivity (Wildman–Crippen MR) is 109 cm³/mol. The molecule has 162 valence electrons. The number of carbonyl (C=O) groups is 1. The fourth-order valence-electron chi connectivity index (χ4n) is 5.06. The van der Waals surface area contributed by atoms with Gasteiger partial charge in [-0.25, -0.2) is 0 Å². The van der Waals surface area contributed by atoms with Gasteiger partial charge in [-0.15, -0.1) is 0 Å². The number of rotatable bonds is 5. The lowest BCUT2D eigenvalue weighted by molar-refractivity contribution is -0.128. The van der Waals surface area contributed by atoms with Crippen LogP contribution in [0.1, 0.15) is 102 Å². The van der Waals surface area contributed by atoms with Crippen molar-refractivity contribution >= 4 is 5.91 Å². The summed E-state index contributed by atoms with van der Waals surface area (Å²) in [5.41, 5.74) is -0.520. The van der Waals surface area contributed by atoms with Gasteiger partial charge in [0.2, 0.25) is 5.91 Å². The van der Waals surface area contributed by atoms with E-state index in [0.29, 0.717) is 11.7 Å². The second-order valence-corrected chi connectivity index (χ2v) is 9.07. The Morgan fingerprint density at radius 2 is 1.76 bits per heavy atom. The third-order valence-corrected chi connectivity index (χ3v) is 6.96. The lowest BCUT2D eigenvalue weighted by Crippen LogP contribution is -2.53. The largest absolute Gasteiger partial charge is 0.368 e. The quantitative estimate of drug-likeness (QED) is 0.751. The van der Waals surface area contributed by atoms with Crippen molar-refractivity contribution in [3.63, 3.8) is 0 Å². The number of ether oxygens (including phenoxy) is 1. The summed E-state index contributed by atoms with van der Waals surface area (Å²) in [5, 5.41) is 7.75. The summed E-state index contributed by atoms with van der Waals surface area (Å²) in [6.07, 6.45) is 13.0. The molecule has 0 unspecified atom stereocenters. The molecule has 1 amide bonds. The van der Waals surface area contributed by atoms with E-state index in [4.69, 9.17) is 14.2 Å². The molecule has 1 aromatic heterocycles. The van der Waals surface area contributed by atoms with Gasteiger partial charge in [-0.1, -0.05) is 43.7 Å². The van der Waals surface area contributed by atoms with Gasteiger partial charge in [-0.3, -0.25) is 9.69 Å². The van der Waals surface area contributed by atoms with Crippen LogP contribution in [0.15, 0.2) is 4.52 Å². The van der Waals surface area contributed by atoms with E-state index in [1.54, 1.807) is 0 Å². The summed E-state index contributed by atoms with van der Waals surface area (Å²) in [6, 6.07) is -0.127. The van der Waals surface area contributed by atoms with Crippen LogP contribution in [-0.4, -0.2) is 46.7 Å². The van der Waals surface area contributed by atoms with Crippen molar-refractivity contribution in [2.45, 2.75) is 102 Å². The fourth-order valence-corrected chi connectivity index (χ4v) is 5.06. The molecule has 2 atom stereocenters. The standard InChI is InChI=1S/C22H36N4O3/c1-17(26-14-8-4-5-9-15-26)19(27)24-22(12-6-2-3-7-13-22)21-23-20(29-25-21)18-11-10-16-28-18/h17-18H,2-16H2,1H3,(H,24,27)/t17-,18-/m0/s1. The second kappa shape index (κ2) is 9.56. The topological polar surface area (TPSA) is 80.5 Å². The number of hydrogen-bond acceptors (Lipinski definition) is 6. The second-order valence-electron chi connectivity index (χ2n) is 9.07. The van der Waals surface area contributed by atoms with Crippen molar-refractivity contribution in [3.8, 4) is 0 Å². The molecular weight excluding hydrogens is 368 g/mol. The van der Waals surface area contributed by atoms with E-state index >= 15 is 0 Å². The summed E-state index contributed by atoms with van der Waals surface area (Å²) < 4.78 is 11.3. The number of amides is 1. The van der Waals surface area contributed by atoms with Gasteiger partial charge in [-0.2, -0.15) is 4.98 Å². The number of carbonyl (C=O) groups excluding carboxylic acids is 1. The third kappa shape index (κ3) is 4.82. The van der Waals surface area contributed by atoms with E-state index in [1.165, 1.54) is 38.5 Å². The molecule has 3 aliphatic rings. The first-order valence-electron chi connectivity index (χ1n) is 11.7. The molecule has 3 fully saturated rings. The van der Waals surface area contributed by atoms with Gasteiger partial charge in [0.15, 0.2) is 5.82 Å². The minimum Gasteiger partial charge on any atom is -0.368 e. The average Bonchev–Trinajstić information content (AvgIpc) is 3.30. The van der Waals surface area contributed by atoms with Crippen LogP contribution < -0.4 is 5.32 Å². The van der Waals surface area contributed by atoms with Crippen molar-refractivity contribution in [1.82, 2.24) is 20.4 Å². The van der Waals surface area contributed by atoms with Crippen LogP contribution in [-0.2, 0) is 15.1 Å². The molecule has 0 spiro atoms. The lowest BCUT2D eigenvalue weighted by atomic mass is 9.88. The first-order valence-corrected chi connectivity index (χ1v) is 11.7. The molecule has 0 bridgehead atoms. The van der Waals surface area contributed by atoms with Gasteiger partial charge in [-0.05, 0) is 58.5 Å². The molecule has 7 nitrogen and oxygen atoms in total. The summed E-state index contributed by atoms with van der Waals surface area (Å²) in [4.78, 5) is 20.4. The maximum Gasteiger partial charge on any atom is 0.255 e. The van der Waals surface area contributed by atoms with Crippen LogP contribution in [0.3, 0.4) is 0 Å². The molecule has 4 rings (SSSR count). The van der Waals surface area contributed by atoms with Crippen molar-refractivity contribution in [3.05, 3.63) is 11.7 Å². The summed E-state index contributed by atoms with van der Waals surface area (Å²) in [6.45, 7) is 4.80. The molecule has 0 radical (unpaired) electrons. The SMILES string of the molecule is C[C@@H](C(=O)NC1(c2noc([C@@H]3CCCO3)n2)CCCCCC1)N1CCCCCC1. The Labute approximate surface area is 173 Å².